The molecule has 0 bridgehead atoms. The maximum absolute atomic E-state index is 2.39. The third kappa shape index (κ3) is 26.1. The van der Waals surface area contributed by atoms with Crippen molar-refractivity contribution in [2.24, 2.45) is 5.92 Å². The second-order valence-electron chi connectivity index (χ2n) is 10.6. The van der Waals surface area contributed by atoms with Crippen LogP contribution in [0.3, 0.4) is 0 Å². The fraction of sp³-hybridized carbons (Fsp3) is 1.00. The Morgan fingerprint density at radius 1 is 0.290 bits per heavy atom. The molecule has 0 nitrogen and oxygen atoms in total. The van der Waals surface area contributed by atoms with Crippen LogP contribution >= 0.6 is 0 Å². The molecule has 1 unspecified atom stereocenters. The van der Waals surface area contributed by atoms with E-state index in [2.05, 4.69) is 20.8 Å². The molecule has 0 N–H and O–H groups in total. The van der Waals surface area contributed by atoms with Crippen LogP contribution in [0, 0.1) is 5.92 Å². The molecule has 0 saturated heterocycles. The minimum atomic E-state index is 1.02. The summed E-state index contributed by atoms with van der Waals surface area (Å²) >= 11 is 0. The molecule has 0 heteroatoms. The smallest absolute Gasteiger partial charge is 0.0417 e. The Morgan fingerprint density at radius 3 is 0.839 bits per heavy atom. The molecule has 0 rings (SSSR count). The largest absolute Gasteiger partial charge is 0.0654 e. The average Bonchev–Trinajstić information content (AvgIpc) is 2.79. The molecule has 31 heavy (non-hydrogen) atoms. The molecule has 0 fully saturated rings. The standard InChI is InChI=1S/C31H64/c1-4-7-9-10-11-12-13-14-15-16-17-18-19-20-21-22-23-24-25-26-27-28-30-31(6-3)29-8-5-2/h31H,4-30H2,1-3H3. The first kappa shape index (κ1) is 31.0. The van der Waals surface area contributed by atoms with Gasteiger partial charge in [-0.3, -0.25) is 0 Å². The Bertz CT molecular complexity index is 294. The quantitative estimate of drug-likeness (QED) is 0.112. The summed E-state index contributed by atoms with van der Waals surface area (Å²) in [7, 11) is 0. The Labute approximate surface area is 200 Å². The van der Waals surface area contributed by atoms with Crippen LogP contribution < -0.4 is 0 Å². The zero-order valence-corrected chi connectivity index (χ0v) is 22.7. The van der Waals surface area contributed by atoms with Gasteiger partial charge in [0.05, 0.1) is 0 Å². The second kappa shape index (κ2) is 28.0. The minimum absolute atomic E-state index is 1.02. The molecule has 0 radical (unpaired) electrons. The summed E-state index contributed by atoms with van der Waals surface area (Å²) in [4.78, 5) is 0. The fourth-order valence-corrected chi connectivity index (χ4v) is 5.09. The van der Waals surface area contributed by atoms with Crippen LogP contribution in [0.15, 0.2) is 0 Å². The minimum Gasteiger partial charge on any atom is -0.0654 e. The van der Waals surface area contributed by atoms with Crippen LogP contribution in [-0.4, -0.2) is 0 Å². The highest BCUT2D eigenvalue weighted by atomic mass is 14.1. The lowest BCUT2D eigenvalue weighted by Crippen LogP contribution is -1.98. The van der Waals surface area contributed by atoms with Gasteiger partial charge in [0.2, 0.25) is 0 Å². The number of hydrogen-bond donors (Lipinski definition) is 0. The van der Waals surface area contributed by atoms with Crippen LogP contribution in [0.5, 0.6) is 0 Å². The Hall–Kier alpha value is 0. The summed E-state index contributed by atoms with van der Waals surface area (Å²) in [5.41, 5.74) is 0. The highest BCUT2D eigenvalue weighted by Gasteiger charge is 2.05. The van der Waals surface area contributed by atoms with E-state index < -0.39 is 0 Å². The molecule has 0 amide bonds. The van der Waals surface area contributed by atoms with E-state index in [1.807, 2.05) is 0 Å². The van der Waals surface area contributed by atoms with Gasteiger partial charge >= 0.3 is 0 Å². The number of unbranched alkanes of at least 4 members (excludes halogenated alkanes) is 22. The molecule has 0 heterocycles. The summed E-state index contributed by atoms with van der Waals surface area (Å²) in [6, 6.07) is 0. The lowest BCUT2D eigenvalue weighted by molar-refractivity contribution is 0.399. The molecular weight excluding hydrogens is 372 g/mol. The highest BCUT2D eigenvalue weighted by Crippen LogP contribution is 2.21. The van der Waals surface area contributed by atoms with Gasteiger partial charge in [0.15, 0.2) is 0 Å². The van der Waals surface area contributed by atoms with E-state index in [-0.39, 0.29) is 0 Å². The van der Waals surface area contributed by atoms with Gasteiger partial charge in [-0.15, -0.1) is 0 Å². The number of rotatable bonds is 27. The van der Waals surface area contributed by atoms with Crippen molar-refractivity contribution in [3.8, 4) is 0 Å². The highest BCUT2D eigenvalue weighted by molar-refractivity contribution is 4.58. The van der Waals surface area contributed by atoms with Crippen LogP contribution in [0.2, 0.25) is 0 Å². The molecule has 0 aromatic heterocycles. The van der Waals surface area contributed by atoms with Crippen molar-refractivity contribution in [3.63, 3.8) is 0 Å². The molecule has 188 valence electrons. The summed E-state index contributed by atoms with van der Waals surface area (Å²) in [5, 5.41) is 0. The second-order valence-corrected chi connectivity index (χ2v) is 10.6. The van der Waals surface area contributed by atoms with Crippen molar-refractivity contribution >= 4 is 0 Å². The van der Waals surface area contributed by atoms with Gasteiger partial charge in [-0.05, 0) is 5.92 Å². The van der Waals surface area contributed by atoms with Crippen molar-refractivity contribution in [3.05, 3.63) is 0 Å². The van der Waals surface area contributed by atoms with Gasteiger partial charge in [0, 0.05) is 0 Å². The van der Waals surface area contributed by atoms with Crippen molar-refractivity contribution in [1.82, 2.24) is 0 Å². The molecule has 0 saturated carbocycles. The van der Waals surface area contributed by atoms with E-state index >= 15 is 0 Å². The molecule has 0 aliphatic rings. The van der Waals surface area contributed by atoms with E-state index in [0.29, 0.717) is 0 Å². The van der Waals surface area contributed by atoms with E-state index in [1.165, 1.54) is 173 Å². The van der Waals surface area contributed by atoms with Crippen LogP contribution in [0.25, 0.3) is 0 Å². The molecule has 0 aliphatic carbocycles. The van der Waals surface area contributed by atoms with Crippen LogP contribution in [-0.2, 0) is 0 Å². The topological polar surface area (TPSA) is 0 Å². The van der Waals surface area contributed by atoms with Crippen molar-refractivity contribution < 1.29 is 0 Å². The predicted octanol–water partition coefficient (Wildman–Crippen LogP) is 12.2. The molecular formula is C31H64. The Morgan fingerprint density at radius 2 is 0.548 bits per heavy atom. The zero-order valence-electron chi connectivity index (χ0n) is 22.7. The maximum Gasteiger partial charge on any atom is -0.0417 e. The maximum atomic E-state index is 2.39. The van der Waals surface area contributed by atoms with E-state index in [0.717, 1.165) is 5.92 Å². The normalized spacial score (nSPS) is 12.5. The van der Waals surface area contributed by atoms with Crippen molar-refractivity contribution in [2.45, 2.75) is 194 Å². The van der Waals surface area contributed by atoms with Gasteiger partial charge in [0.1, 0.15) is 0 Å². The Kier molecular flexibility index (Phi) is 28.0. The SMILES string of the molecule is CCCCCCCCCCCCCCCCCCCCCCCCC(CC)CCCC. The van der Waals surface area contributed by atoms with Gasteiger partial charge in [-0.25, -0.2) is 0 Å². The van der Waals surface area contributed by atoms with Crippen molar-refractivity contribution in [1.29, 1.82) is 0 Å². The monoisotopic (exact) mass is 437 g/mol. The first-order chi connectivity index (χ1) is 15.3. The summed E-state index contributed by atoms with van der Waals surface area (Å²) in [5.74, 6) is 1.02. The lowest BCUT2D eigenvalue weighted by atomic mass is 9.93. The lowest BCUT2D eigenvalue weighted by Gasteiger charge is -2.13. The third-order valence-corrected chi connectivity index (χ3v) is 7.51. The van der Waals surface area contributed by atoms with Crippen molar-refractivity contribution in [2.75, 3.05) is 0 Å². The molecule has 0 aromatic carbocycles. The van der Waals surface area contributed by atoms with Crippen LogP contribution in [0.4, 0.5) is 0 Å². The van der Waals surface area contributed by atoms with Crippen LogP contribution in [0.1, 0.15) is 194 Å². The molecule has 0 aliphatic heterocycles. The first-order valence-corrected chi connectivity index (χ1v) is 15.3. The van der Waals surface area contributed by atoms with E-state index in [9.17, 15) is 0 Å². The third-order valence-electron chi connectivity index (χ3n) is 7.51. The summed E-state index contributed by atoms with van der Waals surface area (Å²) in [6.07, 6.45) is 39.8. The number of hydrogen-bond acceptors (Lipinski definition) is 0. The Balaban J connectivity index is 3.09. The van der Waals surface area contributed by atoms with Gasteiger partial charge in [-0.2, -0.15) is 0 Å². The molecule has 0 aromatic rings. The van der Waals surface area contributed by atoms with E-state index in [4.69, 9.17) is 0 Å². The van der Waals surface area contributed by atoms with Gasteiger partial charge < -0.3 is 0 Å². The average molecular weight is 437 g/mol. The zero-order chi connectivity index (χ0) is 22.7. The van der Waals surface area contributed by atoms with E-state index in [1.54, 1.807) is 0 Å². The van der Waals surface area contributed by atoms with Gasteiger partial charge in [0.25, 0.3) is 0 Å². The first-order valence-electron chi connectivity index (χ1n) is 15.3. The summed E-state index contributed by atoms with van der Waals surface area (Å²) < 4.78 is 0. The predicted molar refractivity (Wildman–Crippen MR) is 145 cm³/mol. The molecule has 1 atom stereocenters. The summed E-state index contributed by atoms with van der Waals surface area (Å²) in [6.45, 7) is 7.02. The molecule has 0 spiro atoms. The fourth-order valence-electron chi connectivity index (χ4n) is 5.09. The van der Waals surface area contributed by atoms with Gasteiger partial charge in [-0.1, -0.05) is 194 Å².